The van der Waals surface area contributed by atoms with Gasteiger partial charge in [-0.2, -0.15) is 0 Å². The maximum atomic E-state index is 15.4. The minimum Gasteiger partial charge on any atom is -0.465 e. The zero-order chi connectivity index (χ0) is 20.9. The first-order valence-electron chi connectivity index (χ1n) is 8.97. The Balaban J connectivity index is 2.05. The van der Waals surface area contributed by atoms with Gasteiger partial charge in [0.05, 0.1) is 22.1 Å². The smallest absolute Gasteiger partial charge is 0.414 e. The summed E-state index contributed by atoms with van der Waals surface area (Å²) in [6.45, 7) is 6.93. The highest BCUT2D eigenvalue weighted by atomic mass is 35.5. The molecule has 0 bridgehead atoms. The summed E-state index contributed by atoms with van der Waals surface area (Å²) in [5, 5.41) is 0.598. The Morgan fingerprint density at radius 1 is 1.25 bits per heavy atom. The zero-order valence-electron chi connectivity index (χ0n) is 16.1. The zero-order valence-corrected chi connectivity index (χ0v) is 17.7. The van der Waals surface area contributed by atoms with Crippen molar-refractivity contribution in [1.82, 2.24) is 4.90 Å². The van der Waals surface area contributed by atoms with Crippen molar-refractivity contribution >= 4 is 35.3 Å². The Labute approximate surface area is 173 Å². The highest BCUT2D eigenvalue weighted by molar-refractivity contribution is 6.42. The lowest BCUT2D eigenvalue weighted by molar-refractivity contribution is -0.151. The SMILES string of the molecule is CCOC(=O)C12CN(C(=O)OC(C)(C)C)C=C(F)C1(c1ccc(Cl)c(Cl)c1)C2. The molecule has 3 rings (SSSR count). The Morgan fingerprint density at radius 2 is 1.93 bits per heavy atom. The van der Waals surface area contributed by atoms with Gasteiger partial charge in [-0.1, -0.05) is 29.3 Å². The van der Waals surface area contributed by atoms with Crippen molar-refractivity contribution < 1.29 is 23.5 Å². The van der Waals surface area contributed by atoms with Crippen LogP contribution in [0.15, 0.2) is 30.2 Å². The van der Waals surface area contributed by atoms with Crippen molar-refractivity contribution in [3.8, 4) is 0 Å². The van der Waals surface area contributed by atoms with Crippen LogP contribution in [0.4, 0.5) is 9.18 Å². The molecule has 5 nitrogen and oxygen atoms in total. The lowest BCUT2D eigenvalue weighted by atomic mass is 9.82. The molecule has 0 saturated heterocycles. The molecule has 1 amide bonds. The van der Waals surface area contributed by atoms with Crippen LogP contribution in [0.3, 0.4) is 0 Å². The average molecular weight is 430 g/mol. The summed E-state index contributed by atoms with van der Waals surface area (Å²) in [4.78, 5) is 26.4. The fourth-order valence-electron chi connectivity index (χ4n) is 3.79. The number of allylic oxidation sites excluding steroid dienone is 1. The normalized spacial score (nSPS) is 26.2. The molecule has 2 aliphatic rings. The summed E-state index contributed by atoms with van der Waals surface area (Å²) in [5.41, 5.74) is -2.70. The van der Waals surface area contributed by atoms with Crippen LogP contribution >= 0.6 is 23.2 Å². The molecule has 1 saturated carbocycles. The van der Waals surface area contributed by atoms with Crippen LogP contribution in [-0.4, -0.2) is 35.7 Å². The predicted molar refractivity (Wildman–Crippen MR) is 104 cm³/mol. The van der Waals surface area contributed by atoms with Gasteiger partial charge < -0.3 is 9.47 Å². The molecule has 1 aliphatic carbocycles. The Morgan fingerprint density at radius 3 is 2.50 bits per heavy atom. The lowest BCUT2D eigenvalue weighted by Crippen LogP contribution is -2.45. The fraction of sp³-hybridized carbons (Fsp3) is 0.500. The van der Waals surface area contributed by atoms with Crippen LogP contribution in [0.2, 0.25) is 10.0 Å². The second kappa shape index (κ2) is 6.92. The first kappa shape index (κ1) is 20.9. The topological polar surface area (TPSA) is 55.8 Å². The third-order valence-electron chi connectivity index (χ3n) is 5.08. The molecular formula is C20H22Cl2FNO4. The van der Waals surface area contributed by atoms with Crippen LogP contribution < -0.4 is 0 Å². The molecule has 0 spiro atoms. The summed E-state index contributed by atoms with van der Waals surface area (Å²) in [5.74, 6) is -1.17. The number of carbonyl (C=O) groups excluding carboxylic acids is 2. The van der Waals surface area contributed by atoms with Gasteiger partial charge in [0.25, 0.3) is 0 Å². The lowest BCUT2D eigenvalue weighted by Gasteiger charge is -2.34. The van der Waals surface area contributed by atoms with E-state index >= 15 is 4.39 Å². The van der Waals surface area contributed by atoms with Gasteiger partial charge in [-0.05, 0) is 51.8 Å². The van der Waals surface area contributed by atoms with Gasteiger partial charge in [-0.25, -0.2) is 9.18 Å². The molecule has 0 N–H and O–H groups in total. The Kier molecular flexibility index (Phi) is 5.17. The first-order chi connectivity index (χ1) is 13.0. The van der Waals surface area contributed by atoms with Crippen molar-refractivity contribution in [2.45, 2.75) is 45.1 Å². The fourth-order valence-corrected chi connectivity index (χ4v) is 4.09. The van der Waals surface area contributed by atoms with Crippen molar-refractivity contribution in [2.75, 3.05) is 13.2 Å². The monoisotopic (exact) mass is 429 g/mol. The Hall–Kier alpha value is -1.79. The van der Waals surface area contributed by atoms with Gasteiger partial charge in [0.15, 0.2) is 0 Å². The molecule has 8 heteroatoms. The standard InChI is InChI=1S/C20H22Cl2FNO4/c1-5-27-16(25)19-10-20(19,12-6-7-13(21)14(22)8-12)15(23)9-24(11-19)17(26)28-18(2,3)4/h6-9H,5,10-11H2,1-4H3. The molecule has 28 heavy (non-hydrogen) atoms. The molecule has 1 aromatic rings. The van der Waals surface area contributed by atoms with Gasteiger partial charge in [0.1, 0.15) is 16.8 Å². The minimum absolute atomic E-state index is 0.0472. The van der Waals surface area contributed by atoms with E-state index in [-0.39, 0.29) is 24.6 Å². The molecule has 1 fully saturated rings. The second-order valence-corrected chi connectivity index (χ2v) is 8.91. The van der Waals surface area contributed by atoms with Gasteiger partial charge in [-0.15, -0.1) is 0 Å². The van der Waals surface area contributed by atoms with Crippen molar-refractivity contribution in [1.29, 1.82) is 0 Å². The largest absolute Gasteiger partial charge is 0.465 e. The van der Waals surface area contributed by atoms with E-state index in [0.29, 0.717) is 10.6 Å². The number of halogens is 3. The molecule has 0 radical (unpaired) electrons. The number of amides is 1. The van der Waals surface area contributed by atoms with E-state index in [2.05, 4.69) is 0 Å². The van der Waals surface area contributed by atoms with E-state index in [4.69, 9.17) is 32.7 Å². The quantitative estimate of drug-likeness (QED) is 0.615. The number of benzene rings is 1. The van der Waals surface area contributed by atoms with E-state index in [1.165, 1.54) is 0 Å². The van der Waals surface area contributed by atoms with Gasteiger partial charge >= 0.3 is 12.1 Å². The van der Waals surface area contributed by atoms with Crippen molar-refractivity contribution in [2.24, 2.45) is 5.41 Å². The number of hydrogen-bond donors (Lipinski definition) is 0. The summed E-state index contributed by atoms with van der Waals surface area (Å²) in [7, 11) is 0. The summed E-state index contributed by atoms with van der Waals surface area (Å²) < 4.78 is 26.0. The van der Waals surface area contributed by atoms with Gasteiger partial charge in [0.2, 0.25) is 0 Å². The molecular weight excluding hydrogens is 408 g/mol. The van der Waals surface area contributed by atoms with Crippen LogP contribution in [0.25, 0.3) is 0 Å². The van der Waals surface area contributed by atoms with Crippen LogP contribution in [0.1, 0.15) is 39.7 Å². The molecule has 2 atom stereocenters. The summed E-state index contributed by atoms with van der Waals surface area (Å²) >= 11 is 12.1. The highest BCUT2D eigenvalue weighted by Gasteiger charge is 2.78. The number of hydrogen-bond acceptors (Lipinski definition) is 4. The number of carbonyl (C=O) groups is 2. The molecule has 0 aromatic heterocycles. The molecule has 1 aromatic carbocycles. The van der Waals surface area contributed by atoms with Gasteiger partial charge in [-0.3, -0.25) is 9.69 Å². The van der Waals surface area contributed by atoms with Gasteiger partial charge in [0, 0.05) is 12.7 Å². The average Bonchev–Trinajstić information content (AvgIpc) is 3.28. The third-order valence-corrected chi connectivity index (χ3v) is 5.82. The maximum absolute atomic E-state index is 15.4. The highest BCUT2D eigenvalue weighted by Crippen LogP contribution is 2.71. The van der Waals surface area contributed by atoms with E-state index in [1.807, 2.05) is 0 Å². The van der Waals surface area contributed by atoms with E-state index in [0.717, 1.165) is 11.1 Å². The van der Waals surface area contributed by atoms with E-state index < -0.39 is 34.3 Å². The van der Waals surface area contributed by atoms with Crippen LogP contribution in [0, 0.1) is 5.41 Å². The molecule has 1 heterocycles. The predicted octanol–water partition coefficient (Wildman–Crippen LogP) is 5.25. The van der Waals surface area contributed by atoms with Crippen molar-refractivity contribution in [3.63, 3.8) is 0 Å². The first-order valence-corrected chi connectivity index (χ1v) is 9.72. The maximum Gasteiger partial charge on any atom is 0.414 e. The number of nitrogens with zero attached hydrogens (tertiary/aromatic N) is 1. The number of rotatable bonds is 3. The number of ether oxygens (including phenoxy) is 2. The minimum atomic E-state index is -1.24. The van der Waals surface area contributed by atoms with Crippen LogP contribution in [-0.2, 0) is 19.7 Å². The molecule has 1 aliphatic heterocycles. The third kappa shape index (κ3) is 3.26. The Bertz CT molecular complexity index is 866. The van der Waals surface area contributed by atoms with E-state index in [1.54, 1.807) is 45.9 Å². The molecule has 2 unspecified atom stereocenters. The summed E-state index contributed by atoms with van der Waals surface area (Å²) in [6.07, 6.45) is 0.542. The van der Waals surface area contributed by atoms with Crippen LogP contribution in [0.5, 0.6) is 0 Å². The number of fused-ring (bicyclic) bond motifs is 1. The molecule has 152 valence electrons. The van der Waals surface area contributed by atoms with E-state index in [9.17, 15) is 9.59 Å². The summed E-state index contributed by atoms with van der Waals surface area (Å²) in [6, 6.07) is 4.77. The van der Waals surface area contributed by atoms with Crippen molar-refractivity contribution in [3.05, 3.63) is 45.8 Å². The number of esters is 1. The second-order valence-electron chi connectivity index (χ2n) is 8.10.